The van der Waals surface area contributed by atoms with Gasteiger partial charge in [-0.15, -0.1) is 0 Å². The first-order valence-electron chi connectivity index (χ1n) is 7.10. The van der Waals surface area contributed by atoms with Crippen LogP contribution in [0.4, 0.5) is 0 Å². The molecule has 2 rings (SSSR count). The van der Waals surface area contributed by atoms with Crippen LogP contribution in [0.3, 0.4) is 0 Å². The van der Waals surface area contributed by atoms with Gasteiger partial charge in [-0.25, -0.2) is 0 Å². The number of aryl methyl sites for hydroxylation is 1. The Morgan fingerprint density at radius 1 is 0.900 bits per heavy atom. The van der Waals surface area contributed by atoms with Gasteiger partial charge in [-0.05, 0) is 63.6 Å². The molecule has 2 heteroatoms. The van der Waals surface area contributed by atoms with E-state index in [2.05, 4.69) is 31.3 Å². The monoisotopic (exact) mass is 269 g/mol. The molecule has 0 heterocycles. The third-order valence-electron chi connectivity index (χ3n) is 3.62. The lowest BCUT2D eigenvalue weighted by Gasteiger charge is -2.23. The van der Waals surface area contributed by atoms with E-state index >= 15 is 0 Å². The quantitative estimate of drug-likeness (QED) is 0.838. The summed E-state index contributed by atoms with van der Waals surface area (Å²) in [6.45, 7) is 4.44. The zero-order valence-electron chi connectivity index (χ0n) is 12.5. The first-order chi connectivity index (χ1) is 9.59. The van der Waals surface area contributed by atoms with Crippen LogP contribution in [0.1, 0.15) is 25.8 Å². The van der Waals surface area contributed by atoms with Crippen molar-refractivity contribution < 1.29 is 4.74 Å². The molecule has 20 heavy (non-hydrogen) atoms. The second-order valence-corrected chi connectivity index (χ2v) is 5.69. The number of ether oxygens (including phenoxy) is 1. The van der Waals surface area contributed by atoms with Crippen LogP contribution < -0.4 is 10.1 Å². The van der Waals surface area contributed by atoms with Gasteiger partial charge in [0.15, 0.2) is 0 Å². The van der Waals surface area contributed by atoms with E-state index in [9.17, 15) is 0 Å². The zero-order chi connectivity index (χ0) is 14.4. The Morgan fingerprint density at radius 2 is 1.50 bits per heavy atom. The van der Waals surface area contributed by atoms with E-state index in [1.807, 2.05) is 49.5 Å². The molecule has 0 aromatic heterocycles. The Morgan fingerprint density at radius 3 is 2.10 bits per heavy atom. The average molecular weight is 269 g/mol. The van der Waals surface area contributed by atoms with Crippen LogP contribution in [-0.2, 0) is 6.42 Å². The smallest absolute Gasteiger partial charge is 0.127 e. The summed E-state index contributed by atoms with van der Waals surface area (Å²) in [4.78, 5) is 0. The topological polar surface area (TPSA) is 21.3 Å². The van der Waals surface area contributed by atoms with E-state index in [1.54, 1.807) is 0 Å². The van der Waals surface area contributed by atoms with E-state index in [0.717, 1.165) is 24.3 Å². The Hall–Kier alpha value is -1.80. The van der Waals surface area contributed by atoms with Gasteiger partial charge < -0.3 is 10.1 Å². The van der Waals surface area contributed by atoms with Crippen molar-refractivity contribution in [1.82, 2.24) is 5.32 Å². The molecule has 0 aliphatic carbocycles. The van der Waals surface area contributed by atoms with Crippen LogP contribution in [-0.4, -0.2) is 12.6 Å². The molecule has 0 fully saturated rings. The minimum absolute atomic E-state index is 0.180. The van der Waals surface area contributed by atoms with Gasteiger partial charge in [-0.2, -0.15) is 0 Å². The van der Waals surface area contributed by atoms with Crippen molar-refractivity contribution in [3.63, 3.8) is 0 Å². The second-order valence-electron chi connectivity index (χ2n) is 5.69. The fourth-order valence-electron chi connectivity index (χ4n) is 1.93. The van der Waals surface area contributed by atoms with Crippen LogP contribution in [0.2, 0.25) is 0 Å². The third kappa shape index (κ3) is 4.39. The standard InChI is InChI=1S/C18H23NO/c1-18(2,19-3)14-13-15-9-11-17(12-10-15)20-16-7-5-4-6-8-16/h4-12,19H,13-14H2,1-3H3. The van der Waals surface area contributed by atoms with Crippen LogP contribution >= 0.6 is 0 Å². The van der Waals surface area contributed by atoms with Gasteiger partial charge in [0.2, 0.25) is 0 Å². The summed E-state index contributed by atoms with van der Waals surface area (Å²) in [6, 6.07) is 18.2. The van der Waals surface area contributed by atoms with Crippen LogP contribution in [0.25, 0.3) is 0 Å². The summed E-state index contributed by atoms with van der Waals surface area (Å²) in [5.41, 5.74) is 1.52. The maximum Gasteiger partial charge on any atom is 0.127 e. The summed E-state index contributed by atoms with van der Waals surface area (Å²) >= 11 is 0. The van der Waals surface area contributed by atoms with E-state index < -0.39 is 0 Å². The Kier molecular flexibility index (Phi) is 4.80. The first-order valence-corrected chi connectivity index (χ1v) is 7.10. The molecule has 0 amide bonds. The minimum Gasteiger partial charge on any atom is -0.457 e. The molecule has 0 spiro atoms. The fraction of sp³-hybridized carbons (Fsp3) is 0.333. The van der Waals surface area contributed by atoms with E-state index in [-0.39, 0.29) is 5.54 Å². The van der Waals surface area contributed by atoms with Crippen molar-refractivity contribution in [3.8, 4) is 11.5 Å². The molecule has 2 nitrogen and oxygen atoms in total. The average Bonchev–Trinajstić information content (AvgIpc) is 2.48. The predicted octanol–water partition coefficient (Wildman–Crippen LogP) is 4.41. The van der Waals surface area contributed by atoms with Gasteiger partial charge in [-0.3, -0.25) is 0 Å². The maximum absolute atomic E-state index is 5.79. The summed E-state index contributed by atoms with van der Waals surface area (Å²) in [5, 5.41) is 3.33. The number of para-hydroxylation sites is 1. The SMILES string of the molecule is CNC(C)(C)CCc1ccc(Oc2ccccc2)cc1. The van der Waals surface area contributed by atoms with E-state index in [4.69, 9.17) is 4.74 Å². The van der Waals surface area contributed by atoms with E-state index in [0.29, 0.717) is 0 Å². The highest BCUT2D eigenvalue weighted by Gasteiger charge is 2.13. The van der Waals surface area contributed by atoms with Gasteiger partial charge in [0, 0.05) is 5.54 Å². The van der Waals surface area contributed by atoms with Gasteiger partial charge in [0.05, 0.1) is 0 Å². The van der Waals surface area contributed by atoms with Crippen LogP contribution in [0.15, 0.2) is 54.6 Å². The number of hydrogen-bond donors (Lipinski definition) is 1. The lowest BCUT2D eigenvalue weighted by Crippen LogP contribution is -2.36. The summed E-state index contributed by atoms with van der Waals surface area (Å²) in [6.07, 6.45) is 2.18. The van der Waals surface area contributed by atoms with Crippen LogP contribution in [0, 0.1) is 0 Å². The van der Waals surface area contributed by atoms with Crippen molar-refractivity contribution in [2.45, 2.75) is 32.2 Å². The molecule has 0 bridgehead atoms. The number of hydrogen-bond acceptors (Lipinski definition) is 2. The minimum atomic E-state index is 0.180. The highest BCUT2D eigenvalue weighted by molar-refractivity contribution is 5.33. The lowest BCUT2D eigenvalue weighted by atomic mass is 9.95. The molecule has 0 saturated heterocycles. The Balaban J connectivity index is 1.93. The highest BCUT2D eigenvalue weighted by Crippen LogP contribution is 2.22. The molecule has 0 aliphatic rings. The third-order valence-corrected chi connectivity index (χ3v) is 3.62. The number of nitrogens with one attached hydrogen (secondary N) is 1. The normalized spacial score (nSPS) is 11.3. The molecular formula is C18H23NO. The first kappa shape index (κ1) is 14.6. The molecular weight excluding hydrogens is 246 g/mol. The molecule has 0 saturated carbocycles. The van der Waals surface area contributed by atoms with Gasteiger partial charge in [-0.1, -0.05) is 30.3 Å². The molecule has 0 aliphatic heterocycles. The number of rotatable bonds is 6. The molecule has 1 N–H and O–H groups in total. The van der Waals surface area contributed by atoms with Crippen molar-refractivity contribution in [2.24, 2.45) is 0 Å². The largest absolute Gasteiger partial charge is 0.457 e. The number of benzene rings is 2. The highest BCUT2D eigenvalue weighted by atomic mass is 16.5. The van der Waals surface area contributed by atoms with Gasteiger partial charge in [0.25, 0.3) is 0 Å². The molecule has 0 radical (unpaired) electrons. The molecule has 0 unspecified atom stereocenters. The van der Waals surface area contributed by atoms with Crippen molar-refractivity contribution >= 4 is 0 Å². The van der Waals surface area contributed by atoms with Crippen LogP contribution in [0.5, 0.6) is 11.5 Å². The molecule has 2 aromatic rings. The summed E-state index contributed by atoms with van der Waals surface area (Å²) in [5.74, 6) is 1.75. The molecule has 106 valence electrons. The summed E-state index contributed by atoms with van der Waals surface area (Å²) in [7, 11) is 2.01. The summed E-state index contributed by atoms with van der Waals surface area (Å²) < 4.78 is 5.79. The Bertz CT molecular complexity index is 517. The Labute approximate surface area is 121 Å². The van der Waals surface area contributed by atoms with Crippen molar-refractivity contribution in [1.29, 1.82) is 0 Å². The van der Waals surface area contributed by atoms with Crippen molar-refractivity contribution in [2.75, 3.05) is 7.05 Å². The zero-order valence-corrected chi connectivity index (χ0v) is 12.5. The predicted molar refractivity (Wildman–Crippen MR) is 84.4 cm³/mol. The molecule has 2 aromatic carbocycles. The molecule has 0 atom stereocenters. The fourth-order valence-corrected chi connectivity index (χ4v) is 1.93. The second kappa shape index (κ2) is 6.58. The van der Waals surface area contributed by atoms with E-state index in [1.165, 1.54) is 5.56 Å². The lowest BCUT2D eigenvalue weighted by molar-refractivity contribution is 0.393. The maximum atomic E-state index is 5.79. The van der Waals surface area contributed by atoms with Gasteiger partial charge in [0.1, 0.15) is 11.5 Å². The van der Waals surface area contributed by atoms with Crippen molar-refractivity contribution in [3.05, 3.63) is 60.2 Å². The van der Waals surface area contributed by atoms with Gasteiger partial charge >= 0.3 is 0 Å².